The van der Waals surface area contributed by atoms with Crippen molar-refractivity contribution in [2.75, 3.05) is 13.1 Å². The van der Waals surface area contributed by atoms with E-state index >= 15 is 0 Å². The normalized spacial score (nSPS) is 16.5. The molecule has 148 valence electrons. The van der Waals surface area contributed by atoms with Crippen molar-refractivity contribution in [2.45, 2.75) is 0 Å². The van der Waals surface area contributed by atoms with Crippen LogP contribution < -0.4 is 4.90 Å². The highest BCUT2D eigenvalue weighted by atomic mass is 32.1. The lowest BCUT2D eigenvalue weighted by molar-refractivity contribution is -0.703. The Morgan fingerprint density at radius 3 is 1.93 bits per heavy atom. The number of nitrogens with one attached hydrogen (secondary N) is 1. The minimum absolute atomic E-state index is 0.125. The first kappa shape index (κ1) is 19.8. The summed E-state index contributed by atoms with van der Waals surface area (Å²) in [6.07, 6.45) is 0. The van der Waals surface area contributed by atoms with E-state index < -0.39 is 0 Å². The van der Waals surface area contributed by atoms with Crippen molar-refractivity contribution >= 4 is 41.0 Å². The first-order valence-electron chi connectivity index (χ1n) is 9.66. The molecule has 3 aromatic carbocycles. The van der Waals surface area contributed by atoms with Crippen molar-refractivity contribution in [3.05, 3.63) is 102 Å². The molecule has 1 heterocycles. The van der Waals surface area contributed by atoms with Gasteiger partial charge in [0.2, 0.25) is 6.54 Å². The average molecular weight is 415 g/mol. The quantitative estimate of drug-likeness (QED) is 0.308. The predicted molar refractivity (Wildman–Crippen MR) is 118 cm³/mol. The van der Waals surface area contributed by atoms with Crippen LogP contribution >= 0.6 is 0 Å². The fourth-order valence-electron chi connectivity index (χ4n) is 3.46. The molecule has 0 radical (unpaired) electrons. The van der Waals surface area contributed by atoms with E-state index in [2.05, 4.69) is 4.99 Å². The third-order valence-electron chi connectivity index (χ3n) is 4.91. The zero-order valence-electron chi connectivity index (χ0n) is 16.2. The van der Waals surface area contributed by atoms with Gasteiger partial charge in [0.15, 0.2) is 6.54 Å². The molecule has 5 nitrogen and oxygen atoms in total. The standard InChI is InChI=1S/C24H19N3O2S/c28-23(18-10-4-1-5-11-18)26-16-17-27(24(29)19-12-6-2-7-13-19)22(26)21(30)25-20-14-8-3-9-15-20/h1-15H,16-17H2/p+1. The molecule has 1 aliphatic heterocycles. The lowest BCUT2D eigenvalue weighted by atomic mass is 10.2. The number of nitrogens with zero attached hydrogens (tertiary/aromatic N) is 2. The lowest BCUT2D eigenvalue weighted by Gasteiger charge is -2.13. The monoisotopic (exact) mass is 414 g/mol. The Morgan fingerprint density at radius 2 is 1.33 bits per heavy atom. The molecule has 1 atom stereocenters. The number of aliphatic imine (C=N–C) groups is 1. The van der Waals surface area contributed by atoms with E-state index in [0.29, 0.717) is 40.6 Å². The molecule has 1 unspecified atom stereocenters. The minimum atomic E-state index is -0.188. The van der Waals surface area contributed by atoms with Gasteiger partial charge < -0.3 is 12.6 Å². The molecule has 3 aromatic rings. The molecular weight excluding hydrogens is 394 g/mol. The number of benzene rings is 3. The summed E-state index contributed by atoms with van der Waals surface area (Å²) < 4.78 is 1.58. The van der Waals surface area contributed by atoms with Crippen LogP contribution in [0.25, 0.3) is 0 Å². The summed E-state index contributed by atoms with van der Waals surface area (Å²) in [5.41, 5.74) is 1.80. The van der Waals surface area contributed by atoms with Crippen LogP contribution in [0, 0.1) is 0 Å². The van der Waals surface area contributed by atoms with Gasteiger partial charge in [-0.05, 0) is 36.4 Å². The molecule has 6 heteroatoms. The maximum atomic E-state index is 13.2. The van der Waals surface area contributed by atoms with Crippen molar-refractivity contribution in [3.8, 4) is 0 Å². The van der Waals surface area contributed by atoms with Crippen molar-refractivity contribution < 1.29 is 19.1 Å². The van der Waals surface area contributed by atoms with Crippen LogP contribution in [0.5, 0.6) is 0 Å². The van der Waals surface area contributed by atoms with Crippen LogP contribution in [0.1, 0.15) is 20.7 Å². The highest BCUT2D eigenvalue weighted by molar-refractivity contribution is 7.80. The van der Waals surface area contributed by atoms with Gasteiger partial charge in [0.05, 0.1) is 21.9 Å². The van der Waals surface area contributed by atoms with Gasteiger partial charge in [-0.2, -0.15) is 4.90 Å². The van der Waals surface area contributed by atoms with Crippen molar-refractivity contribution in [2.24, 2.45) is 4.99 Å². The molecule has 4 rings (SSSR count). The first-order valence-corrected chi connectivity index (χ1v) is 10.1. The second-order valence-electron chi connectivity index (χ2n) is 6.85. The molecule has 0 aliphatic carbocycles. The number of quaternary nitrogens is 1. The van der Waals surface area contributed by atoms with Crippen LogP contribution in [0.15, 0.2) is 96.0 Å². The third-order valence-corrected chi connectivity index (χ3v) is 5.19. The fourth-order valence-corrected chi connectivity index (χ4v) is 3.80. The van der Waals surface area contributed by atoms with Crippen LogP contribution in [-0.4, -0.2) is 40.4 Å². The lowest BCUT2D eigenvalue weighted by Crippen LogP contribution is -3.17. The van der Waals surface area contributed by atoms with Gasteiger partial charge in [0.25, 0.3) is 0 Å². The third kappa shape index (κ3) is 4.10. The largest absolute Gasteiger partial charge is 0.748 e. The fraction of sp³-hybridized carbons (Fsp3) is 0.0833. The van der Waals surface area contributed by atoms with E-state index in [-0.39, 0.29) is 16.9 Å². The van der Waals surface area contributed by atoms with Gasteiger partial charge in [-0.15, -0.1) is 4.58 Å². The van der Waals surface area contributed by atoms with Gasteiger partial charge in [0, 0.05) is 0 Å². The highest BCUT2D eigenvalue weighted by Crippen LogP contribution is 2.11. The molecular formula is C24H20N3O2S+. The average Bonchev–Trinajstić information content (AvgIpc) is 3.25. The molecule has 0 spiro atoms. The van der Waals surface area contributed by atoms with Crippen molar-refractivity contribution in [3.63, 3.8) is 0 Å². The Balaban J connectivity index is 1.79. The summed E-state index contributed by atoms with van der Waals surface area (Å²) >= 11 is 5.62. The van der Waals surface area contributed by atoms with E-state index in [4.69, 9.17) is 12.6 Å². The molecule has 0 saturated heterocycles. The Bertz CT molecular complexity index is 1130. The molecule has 0 fully saturated rings. The van der Waals surface area contributed by atoms with Gasteiger partial charge in [-0.25, -0.2) is 9.59 Å². The first-order chi connectivity index (χ1) is 14.6. The predicted octanol–water partition coefficient (Wildman–Crippen LogP) is 2.25. The van der Waals surface area contributed by atoms with Gasteiger partial charge in [-0.3, -0.25) is 4.99 Å². The summed E-state index contributed by atoms with van der Waals surface area (Å²) in [5.74, 6) is 0.114. The van der Waals surface area contributed by atoms with Crippen LogP contribution in [0.4, 0.5) is 5.69 Å². The molecule has 0 bridgehead atoms. The summed E-state index contributed by atoms with van der Waals surface area (Å²) in [6, 6.07) is 27.4. The molecule has 2 amide bonds. The number of carbonyl (C=O) groups excluding carboxylic acids is 2. The molecule has 1 N–H and O–H groups in total. The van der Waals surface area contributed by atoms with Crippen molar-refractivity contribution in [1.29, 1.82) is 0 Å². The SMILES string of the molecule is O=C(c1ccccc1)[N+]1=C(C([S-])=Nc2ccccc2)[NH+](C(=O)c2ccccc2)CC1. The van der Waals surface area contributed by atoms with E-state index in [0.717, 1.165) is 0 Å². The maximum Gasteiger partial charge on any atom is 0.424 e. The Hall–Kier alpha value is -3.48. The number of para-hydroxylation sites is 1. The zero-order valence-corrected chi connectivity index (χ0v) is 17.0. The number of rotatable bonds is 4. The number of carbonyl (C=O) groups is 2. The Morgan fingerprint density at radius 1 is 0.800 bits per heavy atom. The minimum Gasteiger partial charge on any atom is -0.748 e. The topological polar surface area (TPSA) is 53.9 Å². The van der Waals surface area contributed by atoms with Crippen molar-refractivity contribution in [1.82, 2.24) is 0 Å². The number of amides is 2. The van der Waals surface area contributed by atoms with Crippen LogP contribution in [-0.2, 0) is 12.6 Å². The molecule has 30 heavy (non-hydrogen) atoms. The second kappa shape index (κ2) is 8.90. The number of hydrogen-bond acceptors (Lipinski definition) is 4. The number of hydrogen-bond donors (Lipinski definition) is 1. The second-order valence-corrected chi connectivity index (χ2v) is 7.23. The molecule has 0 saturated carbocycles. The maximum absolute atomic E-state index is 13.2. The number of amidine groups is 1. The molecule has 0 aromatic heterocycles. The van der Waals surface area contributed by atoms with E-state index in [1.54, 1.807) is 28.8 Å². The summed E-state index contributed by atoms with van der Waals surface area (Å²) in [5, 5.41) is 0.238. The van der Waals surface area contributed by atoms with E-state index in [1.807, 2.05) is 66.7 Å². The zero-order chi connectivity index (χ0) is 20.9. The van der Waals surface area contributed by atoms with E-state index in [1.165, 1.54) is 0 Å². The van der Waals surface area contributed by atoms with E-state index in [9.17, 15) is 9.59 Å². The van der Waals surface area contributed by atoms with Gasteiger partial charge in [0.1, 0.15) is 0 Å². The van der Waals surface area contributed by atoms with Crippen LogP contribution in [0.3, 0.4) is 0 Å². The smallest absolute Gasteiger partial charge is 0.424 e. The van der Waals surface area contributed by atoms with Crippen LogP contribution in [0.2, 0.25) is 0 Å². The summed E-state index contributed by atoms with van der Waals surface area (Å²) in [4.78, 5) is 31.5. The summed E-state index contributed by atoms with van der Waals surface area (Å²) in [7, 11) is 0. The summed E-state index contributed by atoms with van der Waals surface area (Å²) in [6.45, 7) is 0.827. The van der Waals surface area contributed by atoms with Gasteiger partial charge in [-0.1, -0.05) is 54.6 Å². The Labute approximate surface area is 180 Å². The Kier molecular flexibility index (Phi) is 5.88. The molecule has 1 aliphatic rings. The van der Waals surface area contributed by atoms with Gasteiger partial charge >= 0.3 is 17.6 Å². The highest BCUT2D eigenvalue weighted by Gasteiger charge is 2.44.